The summed E-state index contributed by atoms with van der Waals surface area (Å²) in [5.74, 6) is 1.87. The van der Waals surface area contributed by atoms with Gasteiger partial charge in [0.05, 0.1) is 12.9 Å². The van der Waals surface area contributed by atoms with Gasteiger partial charge in [-0.25, -0.2) is 0 Å². The van der Waals surface area contributed by atoms with E-state index in [4.69, 9.17) is 14.2 Å². The molecule has 1 fully saturated rings. The lowest BCUT2D eigenvalue weighted by atomic mass is 10.1. The molecule has 0 aromatic rings. The molecule has 1 atom stereocenters. The molecule has 0 radical (unpaired) electrons. The first-order chi connectivity index (χ1) is 5.40. The number of allylic oxidation sites excluding steroid dienone is 1. The van der Waals surface area contributed by atoms with Crippen LogP contribution < -0.4 is 0 Å². The summed E-state index contributed by atoms with van der Waals surface area (Å²) in [4.78, 5) is 0. The van der Waals surface area contributed by atoms with Gasteiger partial charge in [0, 0.05) is 6.42 Å². The predicted molar refractivity (Wildman–Crippen MR) is 38.6 cm³/mol. The fourth-order valence-electron chi connectivity index (χ4n) is 1.23. The van der Waals surface area contributed by atoms with E-state index >= 15 is 0 Å². The highest BCUT2D eigenvalue weighted by Crippen LogP contribution is 2.25. The van der Waals surface area contributed by atoms with Crippen molar-refractivity contribution in [2.45, 2.75) is 12.5 Å². The molecular weight excluding hydrogens is 144 g/mol. The van der Waals surface area contributed by atoms with Gasteiger partial charge in [0.1, 0.15) is 11.9 Å². The molecule has 0 N–H and O–H groups in total. The van der Waals surface area contributed by atoms with E-state index in [-0.39, 0.29) is 6.10 Å². The van der Waals surface area contributed by atoms with Crippen LogP contribution in [0.15, 0.2) is 23.7 Å². The van der Waals surface area contributed by atoms with Crippen molar-refractivity contribution in [3.05, 3.63) is 23.7 Å². The van der Waals surface area contributed by atoms with E-state index in [1.807, 2.05) is 12.2 Å². The molecule has 1 unspecified atom stereocenters. The van der Waals surface area contributed by atoms with Crippen LogP contribution >= 0.6 is 0 Å². The summed E-state index contributed by atoms with van der Waals surface area (Å²) in [6, 6.07) is 0. The van der Waals surface area contributed by atoms with Gasteiger partial charge >= 0.3 is 0 Å². The minimum atomic E-state index is -0.00120. The molecule has 3 nitrogen and oxygen atoms in total. The van der Waals surface area contributed by atoms with Gasteiger partial charge in [0.2, 0.25) is 0 Å². The molecule has 1 saturated heterocycles. The zero-order valence-electron chi connectivity index (χ0n) is 6.37. The van der Waals surface area contributed by atoms with Crippen molar-refractivity contribution in [2.75, 3.05) is 13.9 Å². The molecule has 0 saturated carbocycles. The third-order valence-electron chi connectivity index (χ3n) is 1.86. The highest BCUT2D eigenvalue weighted by Gasteiger charge is 2.24. The number of hydrogen-bond donors (Lipinski definition) is 0. The van der Waals surface area contributed by atoms with Crippen molar-refractivity contribution in [3.63, 3.8) is 0 Å². The normalized spacial score (nSPS) is 28.3. The zero-order valence-corrected chi connectivity index (χ0v) is 6.37. The highest BCUT2D eigenvalue weighted by atomic mass is 16.7. The van der Waals surface area contributed by atoms with Gasteiger partial charge in [0.25, 0.3) is 0 Å². The minimum absolute atomic E-state index is 0.00120. The van der Waals surface area contributed by atoms with Crippen LogP contribution in [0.5, 0.6) is 0 Å². The minimum Gasteiger partial charge on any atom is -0.501 e. The molecule has 0 aromatic heterocycles. The van der Waals surface area contributed by atoms with E-state index in [1.54, 1.807) is 7.11 Å². The first-order valence-corrected chi connectivity index (χ1v) is 3.59. The molecule has 60 valence electrons. The number of ether oxygens (including phenoxy) is 3. The maximum absolute atomic E-state index is 5.24. The van der Waals surface area contributed by atoms with Crippen LogP contribution in [0.25, 0.3) is 0 Å². The Bertz CT molecular complexity index is 217. The molecule has 1 aliphatic heterocycles. The molecule has 11 heavy (non-hydrogen) atoms. The number of fused-ring (bicyclic) bond motifs is 1. The maximum atomic E-state index is 5.24. The number of rotatable bonds is 1. The maximum Gasteiger partial charge on any atom is 0.189 e. The Labute approximate surface area is 65.2 Å². The number of methoxy groups -OCH3 is 1. The topological polar surface area (TPSA) is 27.7 Å². The summed E-state index contributed by atoms with van der Waals surface area (Å²) < 4.78 is 15.5. The van der Waals surface area contributed by atoms with E-state index < -0.39 is 0 Å². The fourth-order valence-corrected chi connectivity index (χ4v) is 1.23. The highest BCUT2D eigenvalue weighted by molar-refractivity contribution is 5.21. The van der Waals surface area contributed by atoms with Gasteiger partial charge in [0.15, 0.2) is 6.79 Å². The van der Waals surface area contributed by atoms with Crippen molar-refractivity contribution >= 4 is 0 Å². The molecule has 2 rings (SSSR count). The molecule has 2 aliphatic rings. The Morgan fingerprint density at radius 1 is 1.64 bits per heavy atom. The van der Waals surface area contributed by atoms with Gasteiger partial charge in [-0.15, -0.1) is 0 Å². The summed E-state index contributed by atoms with van der Waals surface area (Å²) in [6.45, 7) is 0.365. The summed E-state index contributed by atoms with van der Waals surface area (Å²) in [7, 11) is 1.67. The monoisotopic (exact) mass is 154 g/mol. The summed E-state index contributed by atoms with van der Waals surface area (Å²) in [6.07, 6.45) is 4.75. The smallest absolute Gasteiger partial charge is 0.189 e. The summed E-state index contributed by atoms with van der Waals surface area (Å²) >= 11 is 0. The SMILES string of the molecule is COC1=CC2OCOC2=CC1. The second kappa shape index (κ2) is 2.58. The van der Waals surface area contributed by atoms with Gasteiger partial charge < -0.3 is 14.2 Å². The Kier molecular flexibility index (Phi) is 1.58. The molecule has 1 heterocycles. The van der Waals surface area contributed by atoms with Crippen LogP contribution in [-0.2, 0) is 14.2 Å². The Morgan fingerprint density at radius 3 is 3.36 bits per heavy atom. The molecule has 1 aliphatic carbocycles. The number of hydrogen-bond acceptors (Lipinski definition) is 3. The van der Waals surface area contributed by atoms with E-state index in [2.05, 4.69) is 0 Å². The lowest BCUT2D eigenvalue weighted by Gasteiger charge is -2.12. The first kappa shape index (κ1) is 6.73. The third-order valence-corrected chi connectivity index (χ3v) is 1.86. The van der Waals surface area contributed by atoms with Crippen LogP contribution in [0.3, 0.4) is 0 Å². The van der Waals surface area contributed by atoms with Crippen molar-refractivity contribution in [3.8, 4) is 0 Å². The molecular formula is C8H10O3. The average Bonchev–Trinajstić information content (AvgIpc) is 2.50. The summed E-state index contributed by atoms with van der Waals surface area (Å²) in [5, 5.41) is 0. The average molecular weight is 154 g/mol. The second-order valence-electron chi connectivity index (χ2n) is 2.50. The quantitative estimate of drug-likeness (QED) is 0.567. The van der Waals surface area contributed by atoms with Gasteiger partial charge in [-0.1, -0.05) is 0 Å². The van der Waals surface area contributed by atoms with Crippen molar-refractivity contribution in [2.24, 2.45) is 0 Å². The summed E-state index contributed by atoms with van der Waals surface area (Å²) in [5.41, 5.74) is 0. The van der Waals surface area contributed by atoms with Crippen molar-refractivity contribution in [1.29, 1.82) is 0 Å². The van der Waals surface area contributed by atoms with Crippen LogP contribution in [0.2, 0.25) is 0 Å². The van der Waals surface area contributed by atoms with Crippen LogP contribution in [0.4, 0.5) is 0 Å². The largest absolute Gasteiger partial charge is 0.501 e. The second-order valence-corrected chi connectivity index (χ2v) is 2.50. The van der Waals surface area contributed by atoms with E-state index in [1.165, 1.54) is 0 Å². The first-order valence-electron chi connectivity index (χ1n) is 3.59. The lowest BCUT2D eigenvalue weighted by molar-refractivity contribution is 0.0622. The lowest BCUT2D eigenvalue weighted by Crippen LogP contribution is -2.09. The van der Waals surface area contributed by atoms with Gasteiger partial charge in [-0.3, -0.25) is 0 Å². The molecule has 0 aromatic carbocycles. The van der Waals surface area contributed by atoms with Crippen LogP contribution in [0.1, 0.15) is 6.42 Å². The Morgan fingerprint density at radius 2 is 2.55 bits per heavy atom. The van der Waals surface area contributed by atoms with Gasteiger partial charge in [-0.2, -0.15) is 0 Å². The van der Waals surface area contributed by atoms with E-state index in [0.29, 0.717) is 6.79 Å². The standard InChI is InChI=1S/C8H10O3/c1-9-6-2-3-7-8(4-6)11-5-10-7/h3-4,8H,2,5H2,1H3. The third kappa shape index (κ3) is 1.12. The molecule has 3 heteroatoms. The van der Waals surface area contributed by atoms with Gasteiger partial charge in [-0.05, 0) is 12.2 Å². The molecule has 0 amide bonds. The van der Waals surface area contributed by atoms with E-state index in [9.17, 15) is 0 Å². The van der Waals surface area contributed by atoms with Crippen molar-refractivity contribution in [1.82, 2.24) is 0 Å². The van der Waals surface area contributed by atoms with Crippen LogP contribution in [-0.4, -0.2) is 20.0 Å². The van der Waals surface area contributed by atoms with Crippen LogP contribution in [0, 0.1) is 0 Å². The molecule has 0 spiro atoms. The van der Waals surface area contributed by atoms with E-state index in [0.717, 1.165) is 17.9 Å². The van der Waals surface area contributed by atoms with Crippen molar-refractivity contribution < 1.29 is 14.2 Å². The Hall–Kier alpha value is -0.960. The predicted octanol–water partition coefficient (Wildman–Crippen LogP) is 1.18. The fraction of sp³-hybridized carbons (Fsp3) is 0.500. The zero-order chi connectivity index (χ0) is 7.68. The molecule has 0 bridgehead atoms. The Balaban J connectivity index is 2.14.